The highest BCUT2D eigenvalue weighted by molar-refractivity contribution is 6.33. The maximum absolute atomic E-state index is 12.7. The molecule has 0 saturated carbocycles. The number of carbonyl (C=O) groups is 1. The number of piperidine rings is 2. The van der Waals surface area contributed by atoms with Crippen LogP contribution in [0.5, 0.6) is 0 Å². The topological polar surface area (TPSA) is 74.5 Å². The lowest BCUT2D eigenvalue weighted by atomic mass is 9.97. The lowest BCUT2D eigenvalue weighted by Crippen LogP contribution is -2.43. The molecule has 0 radical (unpaired) electrons. The van der Waals surface area contributed by atoms with Gasteiger partial charge >= 0.3 is 0 Å². The van der Waals surface area contributed by atoms with Crippen LogP contribution >= 0.6 is 11.6 Å². The van der Waals surface area contributed by atoms with E-state index in [1.807, 2.05) is 24.3 Å². The number of nitrogens with zero attached hydrogens (tertiary/aromatic N) is 4. The Bertz CT molecular complexity index is 881. The first-order valence-corrected chi connectivity index (χ1v) is 12.3. The van der Waals surface area contributed by atoms with Gasteiger partial charge in [0, 0.05) is 18.7 Å². The average Bonchev–Trinajstić information content (AvgIpc) is 3.26. The summed E-state index contributed by atoms with van der Waals surface area (Å²) in [7, 11) is 0. The van der Waals surface area contributed by atoms with E-state index in [2.05, 4.69) is 32.2 Å². The smallest absolute Gasteiger partial charge is 0.241 e. The largest absolute Gasteiger partial charge is 0.356 e. The van der Waals surface area contributed by atoms with E-state index in [1.165, 1.54) is 25.9 Å². The molecule has 2 aromatic rings. The van der Waals surface area contributed by atoms with Crippen LogP contribution in [0.25, 0.3) is 11.4 Å². The molecule has 2 aliphatic heterocycles. The van der Waals surface area contributed by atoms with Crippen molar-refractivity contribution in [2.45, 2.75) is 45.6 Å². The average molecular weight is 460 g/mol. The van der Waals surface area contributed by atoms with Crippen molar-refractivity contribution in [3.63, 3.8) is 0 Å². The fourth-order valence-electron chi connectivity index (χ4n) is 4.62. The molecule has 1 atom stereocenters. The minimum atomic E-state index is 0.0190. The summed E-state index contributed by atoms with van der Waals surface area (Å²) >= 11 is 6.24. The fraction of sp³-hybridized carbons (Fsp3) is 0.625. The molecule has 7 nitrogen and oxygen atoms in total. The predicted octanol–water partition coefficient (Wildman–Crippen LogP) is 3.84. The zero-order valence-corrected chi connectivity index (χ0v) is 19.7. The van der Waals surface area contributed by atoms with Crippen LogP contribution in [-0.2, 0) is 11.3 Å². The van der Waals surface area contributed by atoms with Gasteiger partial charge in [-0.05, 0) is 76.3 Å². The van der Waals surface area contributed by atoms with Gasteiger partial charge in [0.1, 0.15) is 0 Å². The fourth-order valence-corrected chi connectivity index (χ4v) is 4.84. The SMILES string of the molecule is CC1CCN(CCCNC(=O)C2CCCN(Cc3nc(-c4ccccc4Cl)no3)C2)CC1. The first-order chi connectivity index (χ1) is 15.6. The van der Waals surface area contributed by atoms with Crippen LogP contribution in [0.1, 0.15) is 44.9 Å². The molecular weight excluding hydrogens is 426 g/mol. The van der Waals surface area contributed by atoms with Gasteiger partial charge < -0.3 is 14.7 Å². The summed E-state index contributed by atoms with van der Waals surface area (Å²) in [6, 6.07) is 7.47. The van der Waals surface area contributed by atoms with Crippen molar-refractivity contribution in [2.24, 2.45) is 11.8 Å². The molecule has 1 amide bonds. The quantitative estimate of drug-likeness (QED) is 0.604. The molecule has 2 saturated heterocycles. The second kappa shape index (κ2) is 11.3. The molecule has 1 aromatic carbocycles. The predicted molar refractivity (Wildman–Crippen MR) is 125 cm³/mol. The van der Waals surface area contributed by atoms with E-state index >= 15 is 0 Å². The van der Waals surface area contributed by atoms with Gasteiger partial charge in [0.05, 0.1) is 17.5 Å². The first-order valence-electron chi connectivity index (χ1n) is 11.9. The summed E-state index contributed by atoms with van der Waals surface area (Å²) in [5.74, 6) is 2.10. The third kappa shape index (κ3) is 6.30. The van der Waals surface area contributed by atoms with Gasteiger partial charge in [-0.25, -0.2) is 0 Å². The minimum Gasteiger partial charge on any atom is -0.356 e. The van der Waals surface area contributed by atoms with Crippen LogP contribution in [-0.4, -0.2) is 65.1 Å². The highest BCUT2D eigenvalue weighted by Gasteiger charge is 2.27. The third-order valence-electron chi connectivity index (χ3n) is 6.64. The standard InChI is InChI=1S/C24H34ClN5O2/c1-18-9-14-29(15-10-18)13-5-11-26-24(31)19-6-4-12-30(16-19)17-22-27-23(28-32-22)20-7-2-3-8-21(20)25/h2-3,7-8,18-19H,4-6,9-17H2,1H3,(H,26,31). The van der Waals surface area contributed by atoms with Gasteiger partial charge in [-0.3, -0.25) is 9.69 Å². The molecule has 0 bridgehead atoms. The van der Waals surface area contributed by atoms with Crippen LogP contribution in [0.15, 0.2) is 28.8 Å². The van der Waals surface area contributed by atoms with E-state index in [0.29, 0.717) is 23.3 Å². The zero-order valence-electron chi connectivity index (χ0n) is 18.9. The van der Waals surface area contributed by atoms with Crippen molar-refractivity contribution < 1.29 is 9.32 Å². The maximum atomic E-state index is 12.7. The van der Waals surface area contributed by atoms with E-state index in [-0.39, 0.29) is 11.8 Å². The van der Waals surface area contributed by atoms with Crippen molar-refractivity contribution in [3.8, 4) is 11.4 Å². The second-order valence-corrected chi connectivity index (χ2v) is 9.64. The van der Waals surface area contributed by atoms with Crippen molar-refractivity contribution in [3.05, 3.63) is 35.2 Å². The Morgan fingerprint density at radius 1 is 1.19 bits per heavy atom. The maximum Gasteiger partial charge on any atom is 0.241 e. The number of amides is 1. The normalized spacial score (nSPS) is 21.0. The van der Waals surface area contributed by atoms with Gasteiger partial charge in [0.25, 0.3) is 0 Å². The molecule has 2 fully saturated rings. The van der Waals surface area contributed by atoms with E-state index in [9.17, 15) is 4.79 Å². The number of aromatic nitrogens is 2. The van der Waals surface area contributed by atoms with Crippen molar-refractivity contribution >= 4 is 17.5 Å². The summed E-state index contributed by atoms with van der Waals surface area (Å²) in [6.07, 6.45) is 5.54. The van der Waals surface area contributed by atoms with E-state index in [1.54, 1.807) is 0 Å². The molecule has 174 valence electrons. The van der Waals surface area contributed by atoms with Gasteiger partial charge in [-0.15, -0.1) is 0 Å². The lowest BCUT2D eigenvalue weighted by molar-refractivity contribution is -0.126. The number of likely N-dealkylation sites (tertiary alicyclic amines) is 2. The summed E-state index contributed by atoms with van der Waals surface area (Å²) in [5.41, 5.74) is 0.763. The Hall–Kier alpha value is -1.96. The van der Waals surface area contributed by atoms with Gasteiger partial charge in [0.2, 0.25) is 17.6 Å². The molecule has 0 spiro atoms. The number of carbonyl (C=O) groups excluding carboxylic acids is 1. The van der Waals surface area contributed by atoms with Crippen LogP contribution in [0.2, 0.25) is 5.02 Å². The van der Waals surface area contributed by atoms with Crippen LogP contribution in [0, 0.1) is 11.8 Å². The number of nitrogens with one attached hydrogen (secondary N) is 1. The Balaban J connectivity index is 1.20. The van der Waals surface area contributed by atoms with Crippen molar-refractivity contribution in [1.82, 2.24) is 25.3 Å². The first kappa shape index (κ1) is 23.2. The molecule has 1 aromatic heterocycles. The molecule has 4 rings (SSSR count). The Morgan fingerprint density at radius 2 is 2.00 bits per heavy atom. The van der Waals surface area contributed by atoms with Crippen molar-refractivity contribution in [1.29, 1.82) is 0 Å². The highest BCUT2D eigenvalue weighted by atomic mass is 35.5. The molecule has 2 aliphatic rings. The number of hydrogen-bond acceptors (Lipinski definition) is 6. The minimum absolute atomic E-state index is 0.0190. The Morgan fingerprint density at radius 3 is 2.81 bits per heavy atom. The lowest BCUT2D eigenvalue weighted by Gasteiger charge is -2.31. The van der Waals surface area contributed by atoms with Crippen LogP contribution < -0.4 is 5.32 Å². The van der Waals surface area contributed by atoms with Gasteiger partial charge in [-0.2, -0.15) is 4.98 Å². The molecule has 32 heavy (non-hydrogen) atoms. The number of rotatable bonds is 8. The summed E-state index contributed by atoms with van der Waals surface area (Å²) < 4.78 is 5.45. The van der Waals surface area contributed by atoms with Gasteiger partial charge in [0.15, 0.2) is 0 Å². The molecular formula is C24H34ClN5O2. The monoisotopic (exact) mass is 459 g/mol. The van der Waals surface area contributed by atoms with Gasteiger partial charge in [-0.1, -0.05) is 35.8 Å². The summed E-state index contributed by atoms with van der Waals surface area (Å²) in [4.78, 5) is 22.0. The molecule has 1 N–H and O–H groups in total. The highest BCUT2D eigenvalue weighted by Crippen LogP contribution is 2.25. The summed E-state index contributed by atoms with van der Waals surface area (Å²) in [6.45, 7) is 8.76. The molecule has 8 heteroatoms. The van der Waals surface area contributed by atoms with E-state index < -0.39 is 0 Å². The Kier molecular flexibility index (Phi) is 8.16. The van der Waals surface area contributed by atoms with Crippen molar-refractivity contribution in [2.75, 3.05) is 39.3 Å². The summed E-state index contributed by atoms with van der Waals surface area (Å²) in [5, 5.41) is 7.84. The second-order valence-electron chi connectivity index (χ2n) is 9.23. The van der Waals surface area contributed by atoms with E-state index in [4.69, 9.17) is 16.1 Å². The van der Waals surface area contributed by atoms with Crippen LogP contribution in [0.3, 0.4) is 0 Å². The Labute approximate surface area is 195 Å². The molecule has 0 aliphatic carbocycles. The van der Waals surface area contributed by atoms with E-state index in [0.717, 1.165) is 56.9 Å². The molecule has 3 heterocycles. The molecule has 1 unspecified atom stereocenters. The van der Waals surface area contributed by atoms with Crippen LogP contribution in [0.4, 0.5) is 0 Å². The number of halogens is 1. The number of hydrogen-bond donors (Lipinski definition) is 1. The zero-order chi connectivity index (χ0) is 22.3. The number of benzene rings is 1. The third-order valence-corrected chi connectivity index (χ3v) is 6.97.